The summed E-state index contributed by atoms with van der Waals surface area (Å²) in [5.74, 6) is -0.106. The molecule has 1 fully saturated rings. The zero-order valence-electron chi connectivity index (χ0n) is 14.5. The molecule has 0 spiro atoms. The predicted octanol–water partition coefficient (Wildman–Crippen LogP) is 3.77. The van der Waals surface area contributed by atoms with E-state index in [4.69, 9.17) is 9.26 Å². The molecule has 1 heterocycles. The second-order valence-electron chi connectivity index (χ2n) is 7.98. The van der Waals surface area contributed by atoms with E-state index in [0.29, 0.717) is 6.42 Å². The Kier molecular flexibility index (Phi) is 3.97. The molecule has 0 N–H and O–H groups in total. The number of Topliss-reactive ketones (excluding diaryl/α,β-unsaturated/α-hetero) is 1. The summed E-state index contributed by atoms with van der Waals surface area (Å²) in [5, 5.41) is 4.32. The molecular formula is C18H25NO3Si. The van der Waals surface area contributed by atoms with Crippen LogP contribution in [0.25, 0.3) is 0 Å². The van der Waals surface area contributed by atoms with Crippen molar-refractivity contribution >= 4 is 19.8 Å². The zero-order valence-corrected chi connectivity index (χ0v) is 15.5. The molecule has 1 saturated carbocycles. The molecule has 0 unspecified atom stereocenters. The van der Waals surface area contributed by atoms with Gasteiger partial charge in [-0.25, -0.2) is 0 Å². The number of fused-ring (bicyclic) bond motifs is 1. The molecule has 0 radical (unpaired) electrons. The van der Waals surface area contributed by atoms with Gasteiger partial charge in [0, 0.05) is 12.0 Å². The Bertz CT molecular complexity index is 633. The van der Waals surface area contributed by atoms with Crippen LogP contribution in [0, 0.1) is 5.92 Å². The molecular weight excluding hydrogens is 306 g/mol. The molecule has 1 aromatic carbocycles. The normalized spacial score (nSPS) is 27.6. The smallest absolute Gasteiger partial charge is 0.192 e. The summed E-state index contributed by atoms with van der Waals surface area (Å²) in [6.45, 7) is 11.0. The predicted molar refractivity (Wildman–Crippen MR) is 93.0 cm³/mol. The summed E-state index contributed by atoms with van der Waals surface area (Å²) < 4.78 is 6.45. The molecule has 0 saturated heterocycles. The van der Waals surface area contributed by atoms with Crippen LogP contribution in [0.3, 0.4) is 0 Å². The van der Waals surface area contributed by atoms with E-state index in [9.17, 15) is 4.79 Å². The molecule has 0 amide bonds. The molecule has 3 rings (SSSR count). The molecule has 1 aliphatic carbocycles. The molecule has 5 heteroatoms. The lowest BCUT2D eigenvalue weighted by atomic mass is 9.93. The number of benzene rings is 1. The molecule has 0 aromatic heterocycles. The van der Waals surface area contributed by atoms with Crippen molar-refractivity contribution in [2.45, 2.75) is 57.5 Å². The highest BCUT2D eigenvalue weighted by Gasteiger charge is 2.54. The fraction of sp³-hybridized carbons (Fsp3) is 0.556. The van der Waals surface area contributed by atoms with Crippen LogP contribution in [-0.2, 0) is 14.1 Å². The average Bonchev–Trinajstić information content (AvgIpc) is 3.01. The van der Waals surface area contributed by atoms with Crippen LogP contribution >= 0.6 is 0 Å². The Labute approximate surface area is 139 Å². The van der Waals surface area contributed by atoms with E-state index >= 15 is 0 Å². The lowest BCUT2D eigenvalue weighted by Crippen LogP contribution is -2.46. The summed E-state index contributed by atoms with van der Waals surface area (Å²) in [5.41, 5.74) is 1.71. The van der Waals surface area contributed by atoms with E-state index in [2.05, 4.69) is 39.0 Å². The van der Waals surface area contributed by atoms with E-state index in [-0.39, 0.29) is 28.9 Å². The fourth-order valence-electron chi connectivity index (χ4n) is 2.96. The van der Waals surface area contributed by atoms with E-state index in [1.165, 1.54) is 0 Å². The number of nitrogens with zero attached hydrogens (tertiary/aromatic N) is 1. The third kappa shape index (κ3) is 2.88. The van der Waals surface area contributed by atoms with Crippen LogP contribution in [0.5, 0.6) is 0 Å². The molecule has 2 aliphatic rings. The van der Waals surface area contributed by atoms with Crippen molar-refractivity contribution in [1.82, 2.24) is 0 Å². The Balaban J connectivity index is 1.80. The summed E-state index contributed by atoms with van der Waals surface area (Å²) in [4.78, 5) is 18.2. The standard InChI is InChI=1S/C18H25NO3Si/c1-18(2,3)23(4,5)22-14-11-13(20)15-16(19-21-17(14)15)12-9-7-6-8-10-12/h6-10,14-15,17H,11H2,1-5H3/t14-,15+,17+/m0/s1. The third-order valence-electron chi connectivity index (χ3n) is 5.33. The molecule has 3 atom stereocenters. The molecule has 124 valence electrons. The molecule has 1 aromatic rings. The maximum Gasteiger partial charge on any atom is 0.192 e. The molecule has 4 nitrogen and oxygen atoms in total. The summed E-state index contributed by atoms with van der Waals surface area (Å²) >= 11 is 0. The van der Waals surface area contributed by atoms with Crippen molar-refractivity contribution in [2.75, 3.05) is 0 Å². The van der Waals surface area contributed by atoms with Crippen molar-refractivity contribution in [3.05, 3.63) is 35.9 Å². The summed E-state index contributed by atoms with van der Waals surface area (Å²) in [7, 11) is -1.94. The highest BCUT2D eigenvalue weighted by atomic mass is 28.4. The van der Waals surface area contributed by atoms with Crippen LogP contribution in [0.1, 0.15) is 32.8 Å². The number of carbonyl (C=O) groups excluding carboxylic acids is 1. The van der Waals surface area contributed by atoms with Crippen LogP contribution in [0.4, 0.5) is 0 Å². The number of rotatable bonds is 3. The van der Waals surface area contributed by atoms with Gasteiger partial charge in [0.1, 0.15) is 17.4 Å². The van der Waals surface area contributed by atoms with Gasteiger partial charge in [0.15, 0.2) is 14.4 Å². The first kappa shape index (κ1) is 16.4. The van der Waals surface area contributed by atoms with Crippen LogP contribution < -0.4 is 0 Å². The number of carbonyl (C=O) groups is 1. The highest BCUT2D eigenvalue weighted by molar-refractivity contribution is 6.74. The first-order valence-corrected chi connectivity index (χ1v) is 11.1. The minimum absolute atomic E-state index is 0.107. The minimum Gasteiger partial charge on any atom is -0.410 e. The van der Waals surface area contributed by atoms with Gasteiger partial charge in [0.25, 0.3) is 0 Å². The maximum absolute atomic E-state index is 12.6. The fourth-order valence-corrected chi connectivity index (χ4v) is 4.28. The van der Waals surface area contributed by atoms with Gasteiger partial charge in [-0.05, 0) is 18.1 Å². The number of oxime groups is 1. The number of hydrogen-bond donors (Lipinski definition) is 0. The first-order chi connectivity index (χ1) is 10.7. The van der Waals surface area contributed by atoms with Gasteiger partial charge in [0.05, 0.1) is 6.10 Å². The molecule has 23 heavy (non-hydrogen) atoms. The van der Waals surface area contributed by atoms with Crippen molar-refractivity contribution in [2.24, 2.45) is 11.1 Å². The quantitative estimate of drug-likeness (QED) is 0.792. The van der Waals surface area contributed by atoms with Crippen LogP contribution in [-0.4, -0.2) is 32.0 Å². The van der Waals surface area contributed by atoms with Gasteiger partial charge in [-0.15, -0.1) is 0 Å². The van der Waals surface area contributed by atoms with Gasteiger partial charge in [-0.3, -0.25) is 4.79 Å². The Morgan fingerprint density at radius 1 is 1.22 bits per heavy atom. The summed E-state index contributed by atoms with van der Waals surface area (Å²) in [6.07, 6.45) is -0.0292. The molecule has 0 bridgehead atoms. The number of hydrogen-bond acceptors (Lipinski definition) is 4. The topological polar surface area (TPSA) is 47.9 Å². The van der Waals surface area contributed by atoms with Gasteiger partial charge >= 0.3 is 0 Å². The van der Waals surface area contributed by atoms with Gasteiger partial charge in [-0.2, -0.15) is 0 Å². The van der Waals surface area contributed by atoms with Crippen molar-refractivity contribution in [3.63, 3.8) is 0 Å². The van der Waals surface area contributed by atoms with E-state index in [1.807, 2.05) is 30.3 Å². The zero-order chi connectivity index (χ0) is 16.8. The Morgan fingerprint density at radius 2 is 1.87 bits per heavy atom. The van der Waals surface area contributed by atoms with Crippen LogP contribution in [0.15, 0.2) is 35.5 Å². The third-order valence-corrected chi connectivity index (χ3v) is 9.84. The van der Waals surface area contributed by atoms with Gasteiger partial charge in [-0.1, -0.05) is 56.3 Å². The molecule has 1 aliphatic heterocycles. The average molecular weight is 331 g/mol. The Morgan fingerprint density at radius 3 is 2.48 bits per heavy atom. The number of ketones is 1. The van der Waals surface area contributed by atoms with Gasteiger partial charge in [0.2, 0.25) is 0 Å². The SMILES string of the molecule is CC(C)(C)[Si](C)(C)O[C@H]1CC(=O)[C@@H]2C(c3ccccc3)=NO[C@@H]21. The van der Waals surface area contributed by atoms with Gasteiger partial charge < -0.3 is 9.26 Å². The Hall–Kier alpha value is -1.46. The van der Waals surface area contributed by atoms with E-state index in [1.54, 1.807) is 0 Å². The minimum atomic E-state index is -1.94. The lowest BCUT2D eigenvalue weighted by molar-refractivity contribution is -0.119. The second kappa shape index (κ2) is 5.56. The van der Waals surface area contributed by atoms with Crippen molar-refractivity contribution in [1.29, 1.82) is 0 Å². The highest BCUT2D eigenvalue weighted by Crippen LogP contribution is 2.42. The lowest BCUT2D eigenvalue weighted by Gasteiger charge is -2.39. The van der Waals surface area contributed by atoms with E-state index in [0.717, 1.165) is 11.3 Å². The first-order valence-electron chi connectivity index (χ1n) is 8.20. The maximum atomic E-state index is 12.6. The summed E-state index contributed by atoms with van der Waals surface area (Å²) in [6, 6.07) is 9.80. The monoisotopic (exact) mass is 331 g/mol. The second-order valence-corrected chi connectivity index (χ2v) is 12.7. The van der Waals surface area contributed by atoms with E-state index < -0.39 is 8.32 Å². The van der Waals surface area contributed by atoms with Crippen molar-refractivity contribution in [3.8, 4) is 0 Å². The largest absolute Gasteiger partial charge is 0.410 e. The van der Waals surface area contributed by atoms with Crippen molar-refractivity contribution < 1.29 is 14.1 Å². The van der Waals surface area contributed by atoms with Crippen LogP contribution in [0.2, 0.25) is 18.1 Å².